The van der Waals surface area contributed by atoms with Gasteiger partial charge in [-0.3, -0.25) is 4.90 Å². The van der Waals surface area contributed by atoms with Crippen LogP contribution in [0.1, 0.15) is 11.1 Å². The summed E-state index contributed by atoms with van der Waals surface area (Å²) in [5, 5.41) is 4.41. The first kappa shape index (κ1) is 18.5. The Labute approximate surface area is 168 Å². The minimum Gasteiger partial charge on any atom is -0.379 e. The minimum atomic E-state index is -3.72. The second kappa shape index (κ2) is 7.05. The summed E-state index contributed by atoms with van der Waals surface area (Å²) in [4.78, 5) is 2.11. The molecule has 0 saturated carbocycles. The van der Waals surface area contributed by atoms with Gasteiger partial charge >= 0.3 is 0 Å². The number of halogens is 1. The first-order valence-corrected chi connectivity index (χ1v) is 11.2. The smallest absolute Gasteiger partial charge is 0.186 e. The number of rotatable bonds is 3. The van der Waals surface area contributed by atoms with E-state index in [0.29, 0.717) is 16.8 Å². The van der Waals surface area contributed by atoms with Gasteiger partial charge in [0.05, 0.1) is 36.5 Å². The molecule has 6 nitrogen and oxygen atoms in total. The molecule has 5 rings (SSSR count). The number of fused-ring (bicyclic) bond motifs is 3. The van der Waals surface area contributed by atoms with E-state index in [4.69, 9.17) is 4.74 Å². The number of sulfone groups is 1. The molecule has 3 aromatic rings. The summed E-state index contributed by atoms with van der Waals surface area (Å²) in [6, 6.07) is 12.4. The summed E-state index contributed by atoms with van der Waals surface area (Å²) >= 11 is 0. The Balaban J connectivity index is 1.51. The zero-order valence-electron chi connectivity index (χ0n) is 15.7. The van der Waals surface area contributed by atoms with E-state index in [2.05, 4.69) is 10.00 Å². The molecule has 29 heavy (non-hydrogen) atoms. The molecule has 2 aliphatic heterocycles. The molecule has 0 bridgehead atoms. The number of benzene rings is 2. The summed E-state index contributed by atoms with van der Waals surface area (Å²) in [6.45, 7) is 4.22. The van der Waals surface area contributed by atoms with E-state index in [1.165, 1.54) is 17.7 Å². The van der Waals surface area contributed by atoms with Crippen molar-refractivity contribution in [1.29, 1.82) is 0 Å². The van der Waals surface area contributed by atoms with Crippen LogP contribution in [0.4, 0.5) is 4.39 Å². The van der Waals surface area contributed by atoms with Crippen molar-refractivity contribution in [3.63, 3.8) is 0 Å². The Kier molecular flexibility index (Phi) is 4.49. The Bertz CT molecular complexity index is 1170. The van der Waals surface area contributed by atoms with Crippen LogP contribution in [0.5, 0.6) is 0 Å². The van der Waals surface area contributed by atoms with E-state index in [1.54, 1.807) is 16.9 Å². The predicted octanol–water partition coefficient (Wildman–Crippen LogP) is 2.80. The molecule has 1 fully saturated rings. The quantitative estimate of drug-likeness (QED) is 0.661. The minimum absolute atomic E-state index is 0.238. The van der Waals surface area contributed by atoms with Gasteiger partial charge in [0.2, 0.25) is 0 Å². The lowest BCUT2D eigenvalue weighted by Gasteiger charge is -2.26. The lowest BCUT2D eigenvalue weighted by Crippen LogP contribution is -2.35. The Morgan fingerprint density at radius 1 is 1.07 bits per heavy atom. The third-order valence-electron chi connectivity index (χ3n) is 5.41. The first-order chi connectivity index (χ1) is 14.0. The number of hydrogen-bond acceptors (Lipinski definition) is 5. The lowest BCUT2D eigenvalue weighted by molar-refractivity contribution is 0.0342. The molecule has 0 radical (unpaired) electrons. The number of hydrogen-bond donors (Lipinski definition) is 0. The molecular weight excluding hydrogens is 393 g/mol. The maximum absolute atomic E-state index is 14.4. The summed E-state index contributed by atoms with van der Waals surface area (Å²) in [5.74, 6) is -0.965. The van der Waals surface area contributed by atoms with Gasteiger partial charge in [0.25, 0.3) is 0 Å². The van der Waals surface area contributed by atoms with Crippen molar-refractivity contribution in [2.75, 3.05) is 26.3 Å². The lowest BCUT2D eigenvalue weighted by atomic mass is 10.1. The molecule has 3 heterocycles. The average Bonchev–Trinajstić information content (AvgIpc) is 3.12. The van der Waals surface area contributed by atoms with E-state index in [1.807, 2.05) is 24.3 Å². The standard InChI is InChI=1S/C21H20FN3O3S/c22-19-3-1-2-18-20-16(14-29(26,27)21(18)19)12-23-25(20)17-6-4-15(5-7-17)13-24-8-10-28-11-9-24/h1-7,12H,8-11,13-14H2. The predicted molar refractivity (Wildman–Crippen MR) is 106 cm³/mol. The van der Waals surface area contributed by atoms with Crippen molar-refractivity contribution in [1.82, 2.24) is 14.7 Å². The molecule has 0 spiro atoms. The van der Waals surface area contributed by atoms with Crippen molar-refractivity contribution >= 4 is 9.84 Å². The van der Waals surface area contributed by atoms with Crippen LogP contribution in [0.15, 0.2) is 53.6 Å². The van der Waals surface area contributed by atoms with Crippen molar-refractivity contribution in [2.45, 2.75) is 17.2 Å². The fourth-order valence-electron chi connectivity index (χ4n) is 4.02. The Morgan fingerprint density at radius 2 is 1.83 bits per heavy atom. The largest absolute Gasteiger partial charge is 0.379 e. The van der Waals surface area contributed by atoms with Gasteiger partial charge in [-0.1, -0.05) is 24.3 Å². The molecule has 1 saturated heterocycles. The number of nitrogens with zero attached hydrogens (tertiary/aromatic N) is 3. The molecule has 0 atom stereocenters. The van der Waals surface area contributed by atoms with Crippen LogP contribution in [0.25, 0.3) is 16.9 Å². The van der Waals surface area contributed by atoms with Gasteiger partial charge in [-0.05, 0) is 23.8 Å². The highest BCUT2D eigenvalue weighted by atomic mass is 32.2. The molecular formula is C21H20FN3O3S. The van der Waals surface area contributed by atoms with Crippen molar-refractivity contribution in [3.8, 4) is 16.9 Å². The summed E-state index contributed by atoms with van der Waals surface area (Å²) in [5.41, 5.74) is 3.58. The molecule has 0 unspecified atom stereocenters. The van der Waals surface area contributed by atoms with E-state index in [9.17, 15) is 12.8 Å². The number of ether oxygens (including phenoxy) is 1. The second-order valence-electron chi connectivity index (χ2n) is 7.36. The molecule has 0 aliphatic carbocycles. The molecule has 2 aliphatic rings. The molecule has 0 amide bonds. The molecule has 0 N–H and O–H groups in total. The van der Waals surface area contributed by atoms with Crippen LogP contribution in [0, 0.1) is 5.82 Å². The normalized spacial score (nSPS) is 18.2. The van der Waals surface area contributed by atoms with Crippen LogP contribution < -0.4 is 0 Å². The van der Waals surface area contributed by atoms with Gasteiger partial charge in [-0.25, -0.2) is 17.5 Å². The highest BCUT2D eigenvalue weighted by Crippen LogP contribution is 2.40. The van der Waals surface area contributed by atoms with Crippen LogP contribution in [-0.2, 0) is 26.9 Å². The highest BCUT2D eigenvalue weighted by Gasteiger charge is 2.34. The average molecular weight is 413 g/mol. The summed E-state index contributed by atoms with van der Waals surface area (Å²) in [7, 11) is -3.72. The molecule has 150 valence electrons. The molecule has 1 aromatic heterocycles. The first-order valence-electron chi connectivity index (χ1n) is 9.51. The van der Waals surface area contributed by atoms with Crippen LogP contribution in [-0.4, -0.2) is 49.4 Å². The Morgan fingerprint density at radius 3 is 2.59 bits per heavy atom. The number of morpholine rings is 1. The molecule has 2 aromatic carbocycles. The van der Waals surface area contributed by atoms with Crippen LogP contribution in [0.3, 0.4) is 0 Å². The number of aromatic nitrogens is 2. The SMILES string of the molecule is O=S1(=O)Cc2cnn(-c3ccc(CN4CCOCC4)cc3)c2-c2cccc(F)c21. The molecule has 8 heteroatoms. The van der Waals surface area contributed by atoms with Gasteiger partial charge < -0.3 is 4.74 Å². The summed E-state index contributed by atoms with van der Waals surface area (Å²) < 4.78 is 46.5. The maximum Gasteiger partial charge on any atom is 0.186 e. The fraction of sp³-hybridized carbons (Fsp3) is 0.286. The van der Waals surface area contributed by atoms with Gasteiger partial charge in [0.15, 0.2) is 9.84 Å². The van der Waals surface area contributed by atoms with Gasteiger partial charge in [-0.15, -0.1) is 0 Å². The van der Waals surface area contributed by atoms with Crippen molar-refractivity contribution in [3.05, 3.63) is 65.6 Å². The topological polar surface area (TPSA) is 64.4 Å². The van der Waals surface area contributed by atoms with E-state index in [-0.39, 0.29) is 10.6 Å². The van der Waals surface area contributed by atoms with Crippen LogP contribution >= 0.6 is 0 Å². The third-order valence-corrected chi connectivity index (χ3v) is 7.14. The van der Waals surface area contributed by atoms with Crippen molar-refractivity contribution in [2.24, 2.45) is 0 Å². The second-order valence-corrected chi connectivity index (χ2v) is 9.29. The monoisotopic (exact) mass is 413 g/mol. The van der Waals surface area contributed by atoms with E-state index in [0.717, 1.165) is 38.5 Å². The van der Waals surface area contributed by atoms with Gasteiger partial charge in [0, 0.05) is 30.8 Å². The van der Waals surface area contributed by atoms with E-state index >= 15 is 0 Å². The van der Waals surface area contributed by atoms with Crippen LogP contribution in [0.2, 0.25) is 0 Å². The van der Waals surface area contributed by atoms with E-state index < -0.39 is 15.7 Å². The Hall–Kier alpha value is -2.55. The third kappa shape index (κ3) is 3.27. The zero-order chi connectivity index (χ0) is 20.0. The fourth-order valence-corrected chi connectivity index (χ4v) is 5.65. The highest BCUT2D eigenvalue weighted by molar-refractivity contribution is 7.90. The summed E-state index contributed by atoms with van der Waals surface area (Å²) in [6.07, 6.45) is 1.56. The van der Waals surface area contributed by atoms with Gasteiger partial charge in [-0.2, -0.15) is 5.10 Å². The van der Waals surface area contributed by atoms with Crippen molar-refractivity contribution < 1.29 is 17.5 Å². The zero-order valence-corrected chi connectivity index (χ0v) is 16.5. The van der Waals surface area contributed by atoms with Gasteiger partial charge in [0.1, 0.15) is 10.7 Å². The maximum atomic E-state index is 14.4.